The zero-order valence-corrected chi connectivity index (χ0v) is 20.1. The fourth-order valence-electron chi connectivity index (χ4n) is 3.66. The Hall–Kier alpha value is -4.10. The van der Waals surface area contributed by atoms with Crippen LogP contribution in [-0.2, 0) is 9.47 Å². The molecule has 1 N–H and O–H groups in total. The van der Waals surface area contributed by atoms with Gasteiger partial charge in [-0.05, 0) is 49.2 Å². The number of carbonyl (C=O) groups excluding carboxylic acids is 2. The molecule has 1 amide bonds. The summed E-state index contributed by atoms with van der Waals surface area (Å²) in [6.45, 7) is 3.47. The van der Waals surface area contributed by atoms with E-state index in [2.05, 4.69) is 10.5 Å². The highest BCUT2D eigenvalue weighted by atomic mass is 35.5. The van der Waals surface area contributed by atoms with E-state index in [9.17, 15) is 9.59 Å². The molecular weight excluding hydrogens is 468 g/mol. The minimum absolute atomic E-state index is 0.385. The Bertz CT molecular complexity index is 1380. The molecule has 1 aromatic heterocycles. The second-order valence-electron chi connectivity index (χ2n) is 7.82. The Balaban J connectivity index is 1.58. The number of ether oxygens (including phenoxy) is 2. The predicted molar refractivity (Wildman–Crippen MR) is 133 cm³/mol. The summed E-state index contributed by atoms with van der Waals surface area (Å²) in [4.78, 5) is 24.6. The first-order valence-electron chi connectivity index (χ1n) is 10.8. The molecule has 0 aliphatic carbocycles. The van der Waals surface area contributed by atoms with E-state index in [1.165, 1.54) is 7.11 Å². The number of hydrogen-bond donors (Lipinski definition) is 1. The van der Waals surface area contributed by atoms with Gasteiger partial charge in [0.1, 0.15) is 17.5 Å². The Kier molecular flexibility index (Phi) is 7.17. The van der Waals surface area contributed by atoms with Crippen molar-refractivity contribution < 1.29 is 23.6 Å². The van der Waals surface area contributed by atoms with Crippen molar-refractivity contribution in [3.63, 3.8) is 0 Å². The van der Waals surface area contributed by atoms with Gasteiger partial charge in [0.05, 0.1) is 12.7 Å². The molecule has 0 fully saturated rings. The van der Waals surface area contributed by atoms with Gasteiger partial charge in [-0.3, -0.25) is 5.32 Å². The average molecular weight is 491 g/mol. The van der Waals surface area contributed by atoms with Crippen LogP contribution in [0.4, 0.5) is 10.5 Å². The van der Waals surface area contributed by atoms with Gasteiger partial charge in [0.15, 0.2) is 5.76 Å². The van der Waals surface area contributed by atoms with Crippen LogP contribution in [0.2, 0.25) is 5.02 Å². The number of hydrogen-bond acceptors (Lipinski definition) is 6. The second-order valence-corrected chi connectivity index (χ2v) is 8.23. The van der Waals surface area contributed by atoms with Gasteiger partial charge >= 0.3 is 12.1 Å². The number of carbonyl (C=O) groups is 2. The smallest absolute Gasteiger partial charge is 0.412 e. The van der Waals surface area contributed by atoms with E-state index in [4.69, 9.17) is 25.6 Å². The summed E-state index contributed by atoms with van der Waals surface area (Å²) in [6.07, 6.45) is -1.22. The van der Waals surface area contributed by atoms with Gasteiger partial charge in [0.2, 0.25) is 0 Å². The first-order valence-corrected chi connectivity index (χ1v) is 11.2. The van der Waals surface area contributed by atoms with E-state index in [1.54, 1.807) is 44.2 Å². The van der Waals surface area contributed by atoms with Gasteiger partial charge in [-0.25, -0.2) is 9.59 Å². The monoisotopic (exact) mass is 490 g/mol. The van der Waals surface area contributed by atoms with E-state index in [1.807, 2.05) is 42.5 Å². The van der Waals surface area contributed by atoms with Crippen LogP contribution in [0.15, 0.2) is 77.3 Å². The molecule has 4 rings (SSSR count). The molecule has 0 spiro atoms. The zero-order valence-electron chi connectivity index (χ0n) is 19.4. The third-order valence-corrected chi connectivity index (χ3v) is 5.80. The van der Waals surface area contributed by atoms with E-state index in [0.717, 1.165) is 11.1 Å². The first kappa shape index (κ1) is 24.0. The normalized spacial score (nSPS) is 11.5. The maximum absolute atomic E-state index is 12.7. The van der Waals surface area contributed by atoms with E-state index in [-0.39, 0.29) is 0 Å². The quantitative estimate of drug-likeness (QED) is 0.291. The lowest BCUT2D eigenvalue weighted by Crippen LogP contribution is -2.17. The first-order chi connectivity index (χ1) is 16.9. The van der Waals surface area contributed by atoms with E-state index >= 15 is 0 Å². The van der Waals surface area contributed by atoms with Gasteiger partial charge in [0.25, 0.3) is 0 Å². The highest BCUT2D eigenvalue weighted by Crippen LogP contribution is 2.34. The highest BCUT2D eigenvalue weighted by molar-refractivity contribution is 6.31. The Morgan fingerprint density at radius 2 is 1.66 bits per heavy atom. The Morgan fingerprint density at radius 3 is 2.40 bits per heavy atom. The molecular formula is C27H23ClN2O5. The molecule has 0 aliphatic rings. The number of aryl methyl sites for hydroxylation is 1. The number of halogens is 1. The van der Waals surface area contributed by atoms with Gasteiger partial charge < -0.3 is 14.0 Å². The van der Waals surface area contributed by atoms with Crippen molar-refractivity contribution >= 4 is 29.4 Å². The molecule has 4 aromatic rings. The lowest BCUT2D eigenvalue weighted by Gasteiger charge is -2.15. The van der Waals surface area contributed by atoms with Crippen LogP contribution < -0.4 is 5.32 Å². The SMILES string of the molecule is COC(=O)c1cccc(-c2cccc(-c3onc(C)c3NC(=O)OC(C)c3ccccc3Cl)c2)c1. The van der Waals surface area contributed by atoms with Crippen LogP contribution in [0.1, 0.15) is 34.6 Å². The van der Waals surface area contributed by atoms with Crippen LogP contribution in [0.25, 0.3) is 22.5 Å². The van der Waals surface area contributed by atoms with Crippen molar-refractivity contribution in [3.8, 4) is 22.5 Å². The van der Waals surface area contributed by atoms with Crippen molar-refractivity contribution in [1.82, 2.24) is 5.16 Å². The summed E-state index contributed by atoms with van der Waals surface area (Å²) in [5.74, 6) is -0.0271. The topological polar surface area (TPSA) is 90.7 Å². The summed E-state index contributed by atoms with van der Waals surface area (Å²) in [6, 6.07) is 21.8. The van der Waals surface area contributed by atoms with Crippen molar-refractivity contribution in [2.75, 3.05) is 12.4 Å². The van der Waals surface area contributed by atoms with Crippen LogP contribution >= 0.6 is 11.6 Å². The summed E-state index contributed by atoms with van der Waals surface area (Å²) < 4.78 is 15.9. The molecule has 0 aliphatic heterocycles. The molecule has 8 heteroatoms. The lowest BCUT2D eigenvalue weighted by molar-refractivity contribution is 0.0600. The van der Waals surface area contributed by atoms with Crippen LogP contribution in [0.5, 0.6) is 0 Å². The van der Waals surface area contributed by atoms with Crippen molar-refractivity contribution in [3.05, 3.63) is 94.6 Å². The summed E-state index contributed by atoms with van der Waals surface area (Å²) >= 11 is 6.21. The standard InChI is InChI=1S/C27H23ClN2O5/c1-16-24(29-27(32)34-17(2)22-12-4-5-13-23(22)28)25(35-30-16)20-10-6-8-18(14-20)19-9-7-11-21(15-19)26(31)33-3/h4-15,17H,1-3H3,(H,29,32). The van der Waals surface area contributed by atoms with Crippen LogP contribution in [-0.4, -0.2) is 24.3 Å². The fraction of sp³-hybridized carbons (Fsp3) is 0.148. The highest BCUT2D eigenvalue weighted by Gasteiger charge is 2.21. The van der Waals surface area contributed by atoms with Crippen LogP contribution in [0, 0.1) is 6.92 Å². The molecule has 35 heavy (non-hydrogen) atoms. The van der Waals surface area contributed by atoms with Crippen LogP contribution in [0.3, 0.4) is 0 Å². The third-order valence-electron chi connectivity index (χ3n) is 5.46. The number of rotatable bonds is 6. The number of amides is 1. The van der Waals surface area contributed by atoms with Gasteiger partial charge in [0, 0.05) is 16.1 Å². The minimum atomic E-state index is -0.660. The number of esters is 1. The molecule has 1 atom stereocenters. The number of benzene rings is 3. The largest absolute Gasteiger partial charge is 0.465 e. The van der Waals surface area contributed by atoms with Crippen molar-refractivity contribution in [2.24, 2.45) is 0 Å². The predicted octanol–water partition coefficient (Wildman–Crippen LogP) is 7.07. The summed E-state index contributed by atoms with van der Waals surface area (Å²) in [5, 5.41) is 7.28. The number of nitrogens with one attached hydrogen (secondary N) is 1. The van der Waals surface area contributed by atoms with Gasteiger partial charge in [-0.2, -0.15) is 0 Å². The number of anilines is 1. The molecule has 0 saturated carbocycles. The molecule has 0 saturated heterocycles. The molecule has 0 radical (unpaired) electrons. The summed E-state index contributed by atoms with van der Waals surface area (Å²) in [5.41, 5.74) is 4.43. The lowest BCUT2D eigenvalue weighted by atomic mass is 10.00. The molecule has 7 nitrogen and oxygen atoms in total. The van der Waals surface area contributed by atoms with Gasteiger partial charge in [-0.15, -0.1) is 0 Å². The van der Waals surface area contributed by atoms with Crippen molar-refractivity contribution in [2.45, 2.75) is 20.0 Å². The number of methoxy groups -OCH3 is 1. The van der Waals surface area contributed by atoms with Crippen molar-refractivity contribution in [1.29, 1.82) is 0 Å². The zero-order chi connectivity index (χ0) is 24.9. The minimum Gasteiger partial charge on any atom is -0.465 e. The molecule has 1 heterocycles. The Morgan fingerprint density at radius 1 is 0.971 bits per heavy atom. The molecule has 0 bridgehead atoms. The maximum Gasteiger partial charge on any atom is 0.412 e. The van der Waals surface area contributed by atoms with Gasteiger partial charge in [-0.1, -0.05) is 65.3 Å². The number of nitrogens with zero attached hydrogens (tertiary/aromatic N) is 1. The third kappa shape index (κ3) is 5.36. The average Bonchev–Trinajstić information content (AvgIpc) is 3.23. The molecule has 3 aromatic carbocycles. The van der Waals surface area contributed by atoms with E-state index in [0.29, 0.717) is 38.9 Å². The molecule has 178 valence electrons. The number of aromatic nitrogens is 1. The second kappa shape index (κ2) is 10.4. The molecule has 1 unspecified atom stereocenters. The fourth-order valence-corrected chi connectivity index (χ4v) is 3.95. The summed E-state index contributed by atoms with van der Waals surface area (Å²) in [7, 11) is 1.34. The van der Waals surface area contributed by atoms with E-state index < -0.39 is 18.2 Å². The Labute approximate surface area is 207 Å². The maximum atomic E-state index is 12.7.